The first-order chi connectivity index (χ1) is 18.3. The number of carbonyl (C=O) groups excluding carboxylic acids is 2. The van der Waals surface area contributed by atoms with E-state index < -0.39 is 17.4 Å². The van der Waals surface area contributed by atoms with Crippen molar-refractivity contribution in [1.82, 2.24) is 15.1 Å². The van der Waals surface area contributed by atoms with E-state index in [1.54, 1.807) is 61.5 Å². The van der Waals surface area contributed by atoms with Gasteiger partial charge in [0.25, 0.3) is 11.5 Å². The van der Waals surface area contributed by atoms with Gasteiger partial charge in [-0.15, -0.1) is 0 Å². The highest BCUT2D eigenvalue weighted by atomic mass is 35.5. The van der Waals surface area contributed by atoms with Gasteiger partial charge in [0.05, 0.1) is 38.9 Å². The number of anilines is 1. The Morgan fingerprint density at radius 3 is 2.34 bits per heavy atom. The zero-order valence-corrected chi connectivity index (χ0v) is 21.9. The van der Waals surface area contributed by atoms with Gasteiger partial charge in [0.1, 0.15) is 22.9 Å². The molecule has 0 aliphatic carbocycles. The van der Waals surface area contributed by atoms with Crippen LogP contribution < -0.4 is 30.4 Å². The second-order valence-corrected chi connectivity index (χ2v) is 8.59. The molecule has 0 atom stereocenters. The van der Waals surface area contributed by atoms with Gasteiger partial charge in [-0.25, -0.2) is 0 Å². The minimum Gasteiger partial charge on any atom is -0.497 e. The Labute approximate surface area is 223 Å². The van der Waals surface area contributed by atoms with Crippen molar-refractivity contribution < 1.29 is 23.8 Å². The number of amides is 2. The number of nitrogens with one attached hydrogen (secondary N) is 2. The third-order valence-electron chi connectivity index (χ3n) is 5.80. The highest BCUT2D eigenvalue weighted by Gasteiger charge is 2.20. The van der Waals surface area contributed by atoms with Gasteiger partial charge < -0.3 is 24.8 Å². The highest BCUT2D eigenvalue weighted by Crippen LogP contribution is 2.31. The monoisotopic (exact) mass is 536 g/mol. The van der Waals surface area contributed by atoms with Crippen molar-refractivity contribution in [2.75, 3.05) is 33.2 Å². The Morgan fingerprint density at radius 1 is 0.947 bits per heavy atom. The minimum atomic E-state index is -0.642. The van der Waals surface area contributed by atoms with Crippen LogP contribution in [0.1, 0.15) is 16.1 Å². The van der Waals surface area contributed by atoms with Gasteiger partial charge in [0.15, 0.2) is 5.69 Å². The van der Waals surface area contributed by atoms with Gasteiger partial charge in [-0.2, -0.15) is 9.78 Å². The summed E-state index contributed by atoms with van der Waals surface area (Å²) in [5, 5.41) is 10.7. The molecule has 0 radical (unpaired) electrons. The number of hydrogen-bond donors (Lipinski definition) is 2. The van der Waals surface area contributed by atoms with Crippen LogP contribution in [0.2, 0.25) is 5.02 Å². The Bertz CT molecular complexity index is 1600. The number of rotatable bonds is 8. The second kappa shape index (κ2) is 11.2. The summed E-state index contributed by atoms with van der Waals surface area (Å²) in [4.78, 5) is 39.2. The number of methoxy groups -OCH3 is 3. The molecule has 196 valence electrons. The molecule has 0 fully saturated rings. The molecule has 0 saturated heterocycles. The lowest BCUT2D eigenvalue weighted by molar-refractivity contribution is -0.115. The van der Waals surface area contributed by atoms with Gasteiger partial charge in [-0.1, -0.05) is 29.8 Å². The number of benzene rings is 3. The molecule has 0 aliphatic heterocycles. The average molecular weight is 537 g/mol. The Kier molecular flexibility index (Phi) is 7.82. The van der Waals surface area contributed by atoms with E-state index >= 15 is 0 Å². The van der Waals surface area contributed by atoms with Gasteiger partial charge in [-0.3, -0.25) is 14.4 Å². The summed E-state index contributed by atoms with van der Waals surface area (Å²) in [7, 11) is 4.42. The number of hydrogen-bond acceptors (Lipinski definition) is 7. The summed E-state index contributed by atoms with van der Waals surface area (Å²) in [5.41, 5.74) is 1.01. The molecule has 0 spiro atoms. The standard InChI is InChI=1S/C27H25ClN4O6/c1-15-11-20(22(37-3)13-19(15)28)30-24(33)14-29-26(34)25-17-7-5-6-8-18(17)27(35)32(31-25)21-10-9-16(36-2)12-23(21)38-4/h5-13H,14H2,1-4H3,(H,29,34)(H,30,33). The van der Waals surface area contributed by atoms with Crippen molar-refractivity contribution in [2.45, 2.75) is 6.92 Å². The molecule has 38 heavy (non-hydrogen) atoms. The Hall–Kier alpha value is -4.57. The molecule has 4 aromatic rings. The van der Waals surface area contributed by atoms with Crippen LogP contribution in [0, 0.1) is 6.92 Å². The molecule has 1 heterocycles. The third-order valence-corrected chi connectivity index (χ3v) is 6.21. The highest BCUT2D eigenvalue weighted by molar-refractivity contribution is 6.31. The molecular formula is C27H25ClN4O6. The zero-order valence-electron chi connectivity index (χ0n) is 21.1. The van der Waals surface area contributed by atoms with Gasteiger partial charge in [0.2, 0.25) is 5.91 Å². The van der Waals surface area contributed by atoms with Crippen LogP contribution in [0.4, 0.5) is 5.69 Å². The number of halogens is 1. The number of carbonyl (C=O) groups is 2. The lowest BCUT2D eigenvalue weighted by Gasteiger charge is -2.15. The molecule has 0 aliphatic rings. The molecular weight excluding hydrogens is 512 g/mol. The van der Waals surface area contributed by atoms with E-state index in [-0.39, 0.29) is 17.6 Å². The molecule has 0 saturated carbocycles. The SMILES string of the molecule is COc1ccc(-n2nc(C(=O)NCC(=O)Nc3cc(C)c(Cl)cc3OC)c3ccccc3c2=O)c(OC)c1. The maximum atomic E-state index is 13.3. The normalized spacial score (nSPS) is 10.7. The number of aromatic nitrogens is 2. The van der Waals surface area contributed by atoms with E-state index in [0.717, 1.165) is 10.2 Å². The van der Waals surface area contributed by atoms with E-state index in [1.165, 1.54) is 21.3 Å². The predicted octanol–water partition coefficient (Wildman–Crippen LogP) is 3.74. The number of aryl methyl sites for hydroxylation is 1. The van der Waals surface area contributed by atoms with Crippen LogP contribution in [0.5, 0.6) is 17.2 Å². The third kappa shape index (κ3) is 5.25. The van der Waals surface area contributed by atoms with E-state index in [4.69, 9.17) is 25.8 Å². The van der Waals surface area contributed by atoms with Crippen LogP contribution in [0.3, 0.4) is 0 Å². The van der Waals surface area contributed by atoms with E-state index in [1.807, 2.05) is 0 Å². The fraction of sp³-hybridized carbons (Fsp3) is 0.185. The second-order valence-electron chi connectivity index (χ2n) is 8.18. The van der Waals surface area contributed by atoms with Gasteiger partial charge in [0, 0.05) is 22.5 Å². The van der Waals surface area contributed by atoms with Crippen molar-refractivity contribution in [3.63, 3.8) is 0 Å². The van der Waals surface area contributed by atoms with E-state index in [0.29, 0.717) is 39.0 Å². The predicted molar refractivity (Wildman–Crippen MR) is 144 cm³/mol. The number of nitrogens with zero attached hydrogens (tertiary/aromatic N) is 2. The number of fused-ring (bicyclic) bond motifs is 1. The smallest absolute Gasteiger partial charge is 0.279 e. The summed E-state index contributed by atoms with van der Waals surface area (Å²) in [6.45, 7) is 1.44. The molecule has 4 rings (SSSR count). The number of ether oxygens (including phenoxy) is 3. The molecule has 11 heteroatoms. The van der Waals surface area contributed by atoms with Crippen molar-refractivity contribution in [3.05, 3.63) is 81.2 Å². The fourth-order valence-corrected chi connectivity index (χ4v) is 4.00. The van der Waals surface area contributed by atoms with E-state index in [2.05, 4.69) is 15.7 Å². The molecule has 1 aromatic heterocycles. The lowest BCUT2D eigenvalue weighted by Crippen LogP contribution is -2.35. The van der Waals surface area contributed by atoms with Crippen molar-refractivity contribution in [3.8, 4) is 22.9 Å². The zero-order chi connectivity index (χ0) is 27.4. The van der Waals surface area contributed by atoms with Crippen molar-refractivity contribution in [2.24, 2.45) is 0 Å². The molecule has 10 nitrogen and oxygen atoms in total. The molecule has 2 N–H and O–H groups in total. The van der Waals surface area contributed by atoms with Crippen LogP contribution >= 0.6 is 11.6 Å². The maximum Gasteiger partial charge on any atom is 0.279 e. The topological polar surface area (TPSA) is 121 Å². The van der Waals surface area contributed by atoms with Crippen molar-refractivity contribution >= 4 is 39.9 Å². The summed E-state index contributed by atoms with van der Waals surface area (Å²) >= 11 is 6.13. The first-order valence-electron chi connectivity index (χ1n) is 11.4. The quantitative estimate of drug-likeness (QED) is 0.352. The first-order valence-corrected chi connectivity index (χ1v) is 11.8. The van der Waals surface area contributed by atoms with Crippen LogP contribution in [0.25, 0.3) is 16.5 Å². The largest absolute Gasteiger partial charge is 0.497 e. The van der Waals surface area contributed by atoms with Gasteiger partial charge >= 0.3 is 0 Å². The minimum absolute atomic E-state index is 0.0363. The summed E-state index contributed by atoms with van der Waals surface area (Å²) < 4.78 is 17.0. The first kappa shape index (κ1) is 26.5. The fourth-order valence-electron chi connectivity index (χ4n) is 3.85. The van der Waals surface area contributed by atoms with Gasteiger partial charge in [-0.05, 0) is 36.8 Å². The molecule has 2 amide bonds. The maximum absolute atomic E-state index is 13.3. The van der Waals surface area contributed by atoms with E-state index in [9.17, 15) is 14.4 Å². The van der Waals surface area contributed by atoms with Crippen LogP contribution in [-0.4, -0.2) is 49.5 Å². The molecule has 0 unspecified atom stereocenters. The molecule has 3 aromatic carbocycles. The van der Waals surface area contributed by atoms with Crippen molar-refractivity contribution in [1.29, 1.82) is 0 Å². The molecule has 0 bridgehead atoms. The summed E-state index contributed by atoms with van der Waals surface area (Å²) in [6, 6.07) is 14.7. The summed E-state index contributed by atoms with van der Waals surface area (Å²) in [6.07, 6.45) is 0. The Balaban J connectivity index is 1.65. The lowest BCUT2D eigenvalue weighted by atomic mass is 10.1. The van der Waals surface area contributed by atoms with Crippen LogP contribution in [0.15, 0.2) is 59.4 Å². The average Bonchev–Trinajstić information content (AvgIpc) is 2.93. The van der Waals surface area contributed by atoms with Crippen LogP contribution in [-0.2, 0) is 4.79 Å². The Morgan fingerprint density at radius 2 is 1.66 bits per heavy atom. The summed E-state index contributed by atoms with van der Waals surface area (Å²) in [5.74, 6) is 0.0983.